The van der Waals surface area contributed by atoms with Gasteiger partial charge in [-0.3, -0.25) is 14.4 Å². The summed E-state index contributed by atoms with van der Waals surface area (Å²) in [7, 11) is 1.59. The molecule has 2 aliphatic rings. The largest absolute Gasteiger partial charge is 0.549 e. The van der Waals surface area contributed by atoms with Crippen LogP contribution in [0.1, 0.15) is 10.4 Å². The van der Waals surface area contributed by atoms with E-state index >= 15 is 0 Å². The van der Waals surface area contributed by atoms with E-state index in [4.69, 9.17) is 4.74 Å². The number of ether oxygens (including phenoxy) is 1. The molecule has 172 valence electrons. The van der Waals surface area contributed by atoms with Crippen molar-refractivity contribution in [2.24, 2.45) is 0 Å². The highest BCUT2D eigenvalue weighted by Gasteiger charge is 2.40. The van der Waals surface area contributed by atoms with Gasteiger partial charge in [-0.2, -0.15) is 0 Å². The Hall–Kier alpha value is -3.53. The Morgan fingerprint density at radius 3 is 2.52 bits per heavy atom. The first-order chi connectivity index (χ1) is 15.9. The summed E-state index contributed by atoms with van der Waals surface area (Å²) >= 11 is 0.947. The van der Waals surface area contributed by atoms with Crippen molar-refractivity contribution in [3.63, 3.8) is 0 Å². The fourth-order valence-corrected chi connectivity index (χ4v) is 4.58. The number of anilines is 1. The van der Waals surface area contributed by atoms with Crippen LogP contribution in [-0.4, -0.2) is 77.8 Å². The number of hydrogen-bond acceptors (Lipinski definition) is 7. The van der Waals surface area contributed by atoms with Crippen molar-refractivity contribution in [1.29, 1.82) is 0 Å². The number of carbonyl (C=O) groups excluding carboxylic acids is 4. The summed E-state index contributed by atoms with van der Waals surface area (Å²) in [5, 5.41) is 13.4. The number of carbonyl (C=O) groups is 4. The first-order valence-corrected chi connectivity index (χ1v) is 11.5. The highest BCUT2D eigenvalue weighted by atomic mass is 32.2. The number of fused-ring (bicyclic) bond motifs is 2. The Morgan fingerprint density at radius 2 is 1.82 bits per heavy atom. The van der Waals surface area contributed by atoms with Crippen molar-refractivity contribution in [3.8, 4) is 16.9 Å². The molecule has 0 saturated carbocycles. The smallest absolute Gasteiger partial charge is 0.256 e. The molecule has 9 nitrogen and oxygen atoms in total. The molecule has 1 saturated heterocycles. The molecule has 4 rings (SSSR count). The Balaban J connectivity index is 1.53. The van der Waals surface area contributed by atoms with Crippen molar-refractivity contribution in [1.82, 2.24) is 9.80 Å². The van der Waals surface area contributed by atoms with Crippen LogP contribution < -0.4 is 15.2 Å². The zero-order valence-corrected chi connectivity index (χ0v) is 18.7. The van der Waals surface area contributed by atoms with E-state index in [2.05, 4.69) is 5.32 Å². The second-order valence-corrected chi connectivity index (χ2v) is 8.68. The summed E-state index contributed by atoms with van der Waals surface area (Å²) in [5.41, 5.74) is 2.56. The third kappa shape index (κ3) is 4.80. The van der Waals surface area contributed by atoms with Gasteiger partial charge in [-0.1, -0.05) is 18.2 Å². The molecule has 2 aliphatic heterocycles. The monoisotopic (exact) mass is 468 g/mol. The molecule has 0 bridgehead atoms. The lowest BCUT2D eigenvalue weighted by Gasteiger charge is -2.39. The average molecular weight is 469 g/mol. The third-order valence-corrected chi connectivity index (χ3v) is 6.56. The standard InChI is InChI=1S/C23H23N3O6S/c1-32-16-5-2-14(3-6-16)15-4-7-18-17(10-15)23(31)26-9-8-25(11-19(26)22(30)24-18)20(27)12-33-13-21(28)29/h2-7,10,19H,8-9,11-13H2,1H3,(H,24,30)(H,28,29)/p-1/t19-/m0/s1. The lowest BCUT2D eigenvalue weighted by Crippen LogP contribution is -2.59. The first kappa shape index (κ1) is 22.7. The Labute approximate surface area is 194 Å². The van der Waals surface area contributed by atoms with Crippen LogP contribution in [0.3, 0.4) is 0 Å². The quantitative estimate of drug-likeness (QED) is 0.654. The Bertz CT molecular complexity index is 1100. The third-order valence-electron chi connectivity index (χ3n) is 5.67. The molecule has 0 radical (unpaired) electrons. The van der Waals surface area contributed by atoms with Crippen LogP contribution in [0.25, 0.3) is 11.1 Å². The van der Waals surface area contributed by atoms with Gasteiger partial charge >= 0.3 is 0 Å². The second-order valence-electron chi connectivity index (χ2n) is 7.70. The summed E-state index contributed by atoms with van der Waals surface area (Å²) in [6.07, 6.45) is 0. The van der Waals surface area contributed by atoms with Gasteiger partial charge in [-0.15, -0.1) is 11.8 Å². The number of benzene rings is 2. The van der Waals surface area contributed by atoms with Crippen LogP contribution in [0.5, 0.6) is 5.75 Å². The minimum atomic E-state index is -1.24. The number of piperazine rings is 1. The van der Waals surface area contributed by atoms with E-state index in [1.807, 2.05) is 30.3 Å². The molecule has 3 amide bonds. The Morgan fingerprint density at radius 1 is 1.09 bits per heavy atom. The van der Waals surface area contributed by atoms with Crippen LogP contribution >= 0.6 is 11.8 Å². The molecular formula is C23H22N3O6S-. The zero-order chi connectivity index (χ0) is 23.5. The number of methoxy groups -OCH3 is 1. The number of nitrogens with zero attached hydrogens (tertiary/aromatic N) is 2. The maximum atomic E-state index is 13.4. The van der Waals surface area contributed by atoms with Gasteiger partial charge in [0.2, 0.25) is 11.8 Å². The first-order valence-electron chi connectivity index (χ1n) is 10.3. The summed E-state index contributed by atoms with van der Waals surface area (Å²) in [6.45, 7) is 0.537. The lowest BCUT2D eigenvalue weighted by atomic mass is 10.0. The summed E-state index contributed by atoms with van der Waals surface area (Å²) < 4.78 is 5.19. The number of nitrogens with one attached hydrogen (secondary N) is 1. The maximum absolute atomic E-state index is 13.4. The molecule has 2 aromatic rings. The van der Waals surface area contributed by atoms with Crippen molar-refractivity contribution in [3.05, 3.63) is 48.0 Å². The van der Waals surface area contributed by atoms with E-state index in [0.717, 1.165) is 28.6 Å². The zero-order valence-electron chi connectivity index (χ0n) is 17.9. The molecule has 1 atom stereocenters. The summed E-state index contributed by atoms with van der Waals surface area (Å²) in [4.78, 5) is 52.3. The van der Waals surface area contributed by atoms with Crippen LogP contribution in [0.4, 0.5) is 5.69 Å². The van der Waals surface area contributed by atoms with Gasteiger partial charge in [0.15, 0.2) is 0 Å². The minimum absolute atomic E-state index is 0.0261. The fourth-order valence-electron chi connectivity index (χ4n) is 3.95. The van der Waals surface area contributed by atoms with Crippen molar-refractivity contribution in [2.45, 2.75) is 6.04 Å². The molecule has 0 spiro atoms. The molecule has 0 aliphatic carbocycles. The molecule has 2 aromatic carbocycles. The van der Waals surface area contributed by atoms with Gasteiger partial charge in [-0.25, -0.2) is 0 Å². The van der Waals surface area contributed by atoms with Gasteiger partial charge < -0.3 is 29.8 Å². The van der Waals surface area contributed by atoms with E-state index in [1.165, 1.54) is 9.80 Å². The normalized spacial score (nSPS) is 17.5. The Kier molecular flexibility index (Phi) is 6.55. The number of thioether (sulfide) groups is 1. The fraction of sp³-hybridized carbons (Fsp3) is 0.304. The van der Waals surface area contributed by atoms with Crippen molar-refractivity contribution in [2.75, 3.05) is 43.6 Å². The molecule has 0 aromatic heterocycles. The number of aliphatic carboxylic acids is 1. The molecule has 10 heteroatoms. The number of hydrogen-bond donors (Lipinski definition) is 1. The van der Waals surface area contributed by atoms with Crippen molar-refractivity contribution < 1.29 is 29.0 Å². The average Bonchev–Trinajstić information content (AvgIpc) is 2.92. The maximum Gasteiger partial charge on any atom is 0.256 e. The summed E-state index contributed by atoms with van der Waals surface area (Å²) in [6, 6.07) is 11.9. The molecular weight excluding hydrogens is 446 g/mol. The van der Waals surface area contributed by atoms with Gasteiger partial charge in [0.1, 0.15) is 11.8 Å². The highest BCUT2D eigenvalue weighted by Crippen LogP contribution is 2.31. The van der Waals surface area contributed by atoms with E-state index < -0.39 is 12.0 Å². The molecule has 1 N–H and O–H groups in total. The summed E-state index contributed by atoms with van der Waals surface area (Å²) in [5.74, 6) is -1.73. The van der Waals surface area contributed by atoms with Crippen LogP contribution in [0.2, 0.25) is 0 Å². The van der Waals surface area contributed by atoms with Crippen molar-refractivity contribution >= 4 is 41.1 Å². The van der Waals surface area contributed by atoms with E-state index in [1.54, 1.807) is 19.2 Å². The molecule has 0 unspecified atom stereocenters. The highest BCUT2D eigenvalue weighted by molar-refractivity contribution is 8.00. The topological polar surface area (TPSA) is 119 Å². The number of amides is 3. The molecule has 2 heterocycles. The second kappa shape index (κ2) is 9.53. The minimum Gasteiger partial charge on any atom is -0.549 e. The van der Waals surface area contributed by atoms with Gasteiger partial charge in [0, 0.05) is 18.8 Å². The lowest BCUT2D eigenvalue weighted by molar-refractivity contribution is -0.301. The molecule has 33 heavy (non-hydrogen) atoms. The van der Waals surface area contributed by atoms with Crippen LogP contribution in [-0.2, 0) is 14.4 Å². The van der Waals surface area contributed by atoms with Gasteiger partial charge in [-0.05, 0) is 35.4 Å². The van der Waals surface area contributed by atoms with Crippen LogP contribution in [0, 0.1) is 0 Å². The van der Waals surface area contributed by atoms with E-state index in [-0.39, 0.29) is 48.9 Å². The van der Waals surface area contributed by atoms with Gasteiger partial charge in [0.05, 0.1) is 36.6 Å². The predicted octanol–water partition coefficient (Wildman–Crippen LogP) is 0.450. The van der Waals surface area contributed by atoms with Gasteiger partial charge in [0.25, 0.3) is 5.91 Å². The number of carboxylic acid groups (broad SMARTS) is 1. The number of rotatable bonds is 6. The number of carboxylic acids is 1. The van der Waals surface area contributed by atoms with E-state index in [0.29, 0.717) is 11.3 Å². The molecule has 1 fully saturated rings. The van der Waals surface area contributed by atoms with Crippen LogP contribution in [0.15, 0.2) is 42.5 Å². The van der Waals surface area contributed by atoms with E-state index in [9.17, 15) is 24.3 Å². The SMILES string of the molecule is COc1ccc(-c2ccc3c(c2)C(=O)N2CCN(C(=O)CSCC(=O)[O-])C[C@H]2C(=O)N3)cc1. The predicted molar refractivity (Wildman–Crippen MR) is 121 cm³/mol.